The number of nitrogens with zero attached hydrogens (tertiary/aromatic N) is 2. The fraction of sp³-hybridized carbons (Fsp3) is 0.143. The van der Waals surface area contributed by atoms with Crippen LogP contribution in [0, 0.1) is 13.8 Å². The molecule has 0 spiro atoms. The van der Waals surface area contributed by atoms with Gasteiger partial charge < -0.3 is 22.1 Å². The highest BCUT2D eigenvalue weighted by atomic mass is 16.1. The van der Waals surface area contributed by atoms with Crippen LogP contribution >= 0.6 is 0 Å². The number of anilines is 3. The van der Waals surface area contributed by atoms with Gasteiger partial charge >= 0.3 is 0 Å². The molecule has 0 radical (unpaired) electrons. The van der Waals surface area contributed by atoms with Crippen molar-refractivity contribution in [2.75, 3.05) is 10.6 Å². The molecule has 3 rings (SSSR count). The first kappa shape index (κ1) is 19.8. The Hall–Kier alpha value is -3.94. The van der Waals surface area contributed by atoms with E-state index >= 15 is 0 Å². The molecule has 2 aromatic carbocycles. The van der Waals surface area contributed by atoms with Gasteiger partial charge in [-0.25, -0.2) is 4.98 Å². The Morgan fingerprint density at radius 2 is 1.66 bits per heavy atom. The van der Waals surface area contributed by atoms with Crippen LogP contribution in [0.25, 0.3) is 0 Å². The number of rotatable bonds is 7. The summed E-state index contributed by atoms with van der Waals surface area (Å²) in [5.41, 5.74) is 14.7. The van der Waals surface area contributed by atoms with Crippen LogP contribution in [0.3, 0.4) is 0 Å². The van der Waals surface area contributed by atoms with E-state index < -0.39 is 17.9 Å². The number of amides is 2. The Labute approximate surface area is 168 Å². The van der Waals surface area contributed by atoms with Crippen molar-refractivity contribution in [1.29, 1.82) is 0 Å². The van der Waals surface area contributed by atoms with Crippen LogP contribution in [0.15, 0.2) is 54.7 Å². The second-order valence-corrected chi connectivity index (χ2v) is 6.71. The Morgan fingerprint density at radius 1 is 1.00 bits per heavy atom. The van der Waals surface area contributed by atoms with Gasteiger partial charge in [0, 0.05) is 11.9 Å². The highest BCUT2D eigenvalue weighted by Crippen LogP contribution is 2.23. The van der Waals surface area contributed by atoms with Crippen LogP contribution < -0.4 is 22.1 Å². The zero-order valence-electron chi connectivity index (χ0n) is 16.1. The average molecular weight is 390 g/mol. The molecule has 6 N–H and O–H groups in total. The summed E-state index contributed by atoms with van der Waals surface area (Å²) < 4.78 is 0. The van der Waals surface area contributed by atoms with Gasteiger partial charge in [0.25, 0.3) is 5.91 Å². The van der Waals surface area contributed by atoms with Gasteiger partial charge in [0.05, 0.1) is 0 Å². The van der Waals surface area contributed by atoms with Crippen molar-refractivity contribution in [2.45, 2.75) is 19.9 Å². The molecule has 0 saturated heterocycles. The normalized spacial score (nSPS) is 11.5. The van der Waals surface area contributed by atoms with Gasteiger partial charge in [0.2, 0.25) is 11.9 Å². The molecule has 2 amide bonds. The molecule has 148 valence electrons. The molecule has 0 aliphatic rings. The fourth-order valence-electron chi connectivity index (χ4n) is 3.00. The van der Waals surface area contributed by atoms with E-state index in [1.54, 1.807) is 24.3 Å². The predicted molar refractivity (Wildman–Crippen MR) is 112 cm³/mol. The number of carbonyl (C=O) groups is 2. The lowest BCUT2D eigenvalue weighted by molar-refractivity contribution is -0.118. The van der Waals surface area contributed by atoms with E-state index in [9.17, 15) is 9.59 Å². The number of hydrogen-bond donors (Lipinski definition) is 4. The monoisotopic (exact) mass is 390 g/mol. The van der Waals surface area contributed by atoms with Crippen molar-refractivity contribution in [3.63, 3.8) is 0 Å². The number of nitrogens with two attached hydrogens (primary N) is 2. The van der Waals surface area contributed by atoms with Gasteiger partial charge in [-0.3, -0.25) is 9.59 Å². The van der Waals surface area contributed by atoms with E-state index in [2.05, 4.69) is 20.6 Å². The van der Waals surface area contributed by atoms with Crippen molar-refractivity contribution in [1.82, 2.24) is 9.97 Å². The Bertz CT molecular complexity index is 1030. The average Bonchev–Trinajstić information content (AvgIpc) is 2.65. The predicted octanol–water partition coefficient (Wildman–Crippen LogP) is 2.57. The quantitative estimate of drug-likeness (QED) is 0.489. The second kappa shape index (κ2) is 8.39. The maximum absolute atomic E-state index is 11.9. The van der Waals surface area contributed by atoms with E-state index in [0.29, 0.717) is 5.56 Å². The molecular formula is C21H22N6O2. The van der Waals surface area contributed by atoms with Crippen molar-refractivity contribution in [2.24, 2.45) is 11.5 Å². The zero-order valence-corrected chi connectivity index (χ0v) is 16.1. The SMILES string of the molecule is Cc1cc(C)cc(Nc2nc(N[C@@H](C(N)=O)c3ccccc3)ncc2C(N)=O)c1. The number of aryl methyl sites for hydroxylation is 2. The van der Waals surface area contributed by atoms with E-state index in [0.717, 1.165) is 16.8 Å². The number of hydrogen-bond acceptors (Lipinski definition) is 6. The van der Waals surface area contributed by atoms with E-state index in [1.807, 2.05) is 38.1 Å². The lowest BCUT2D eigenvalue weighted by atomic mass is 10.1. The minimum absolute atomic E-state index is 0.130. The Morgan fingerprint density at radius 3 is 2.24 bits per heavy atom. The standard InChI is InChI=1S/C21H22N6O2/c1-12-8-13(2)10-15(9-12)25-20-16(18(22)28)11-24-21(27-20)26-17(19(23)29)14-6-4-3-5-7-14/h3-11,17H,1-2H3,(H2,22,28)(H2,23,29)(H2,24,25,26,27)/t17-/m1/s1. The number of primary amides is 2. The van der Waals surface area contributed by atoms with Crippen LogP contribution in [0.5, 0.6) is 0 Å². The summed E-state index contributed by atoms with van der Waals surface area (Å²) in [7, 11) is 0. The molecule has 0 bridgehead atoms. The summed E-state index contributed by atoms with van der Waals surface area (Å²) in [5, 5.41) is 6.03. The zero-order chi connectivity index (χ0) is 21.0. The summed E-state index contributed by atoms with van der Waals surface area (Å²) in [6, 6.07) is 14.0. The van der Waals surface area contributed by atoms with Crippen molar-refractivity contribution in [3.05, 3.63) is 77.0 Å². The Balaban J connectivity index is 1.95. The van der Waals surface area contributed by atoms with E-state index in [4.69, 9.17) is 11.5 Å². The smallest absolute Gasteiger partial charge is 0.254 e. The molecule has 0 fully saturated rings. The highest BCUT2D eigenvalue weighted by Gasteiger charge is 2.20. The van der Waals surface area contributed by atoms with Crippen molar-refractivity contribution >= 4 is 29.3 Å². The molecule has 3 aromatic rings. The third kappa shape index (κ3) is 4.86. The van der Waals surface area contributed by atoms with Crippen LogP contribution in [0.1, 0.15) is 33.1 Å². The van der Waals surface area contributed by atoms with E-state index in [1.165, 1.54) is 6.20 Å². The maximum atomic E-state index is 11.9. The number of benzene rings is 2. The van der Waals surface area contributed by atoms with Gasteiger partial charge in [-0.2, -0.15) is 4.98 Å². The van der Waals surface area contributed by atoms with Crippen LogP contribution in [-0.2, 0) is 4.79 Å². The summed E-state index contributed by atoms with van der Waals surface area (Å²) in [6.45, 7) is 3.94. The van der Waals surface area contributed by atoms with Gasteiger partial charge in [0.15, 0.2) is 0 Å². The first-order valence-corrected chi connectivity index (χ1v) is 8.96. The summed E-state index contributed by atoms with van der Waals surface area (Å²) in [6.07, 6.45) is 1.31. The molecule has 29 heavy (non-hydrogen) atoms. The number of nitrogens with one attached hydrogen (secondary N) is 2. The van der Waals surface area contributed by atoms with Crippen LogP contribution in [-0.4, -0.2) is 21.8 Å². The van der Waals surface area contributed by atoms with Gasteiger partial charge in [-0.15, -0.1) is 0 Å². The second-order valence-electron chi connectivity index (χ2n) is 6.71. The van der Waals surface area contributed by atoms with Crippen LogP contribution in [0.4, 0.5) is 17.5 Å². The van der Waals surface area contributed by atoms with Crippen LogP contribution in [0.2, 0.25) is 0 Å². The minimum atomic E-state index is -0.829. The summed E-state index contributed by atoms with van der Waals surface area (Å²) in [4.78, 5) is 32.2. The van der Waals surface area contributed by atoms with Gasteiger partial charge in [-0.05, 0) is 42.7 Å². The molecule has 0 unspecified atom stereocenters. The molecule has 8 nitrogen and oxygen atoms in total. The molecule has 0 aliphatic heterocycles. The first-order chi connectivity index (χ1) is 13.8. The lowest BCUT2D eigenvalue weighted by Crippen LogP contribution is -2.28. The fourth-order valence-corrected chi connectivity index (χ4v) is 3.00. The summed E-state index contributed by atoms with van der Waals surface area (Å²) in [5.74, 6) is -0.883. The third-order valence-corrected chi connectivity index (χ3v) is 4.23. The summed E-state index contributed by atoms with van der Waals surface area (Å²) >= 11 is 0. The Kier molecular flexibility index (Phi) is 5.73. The third-order valence-electron chi connectivity index (χ3n) is 4.23. The molecule has 1 atom stereocenters. The molecule has 0 aliphatic carbocycles. The van der Waals surface area contributed by atoms with Gasteiger partial charge in [-0.1, -0.05) is 36.4 Å². The molecule has 1 aromatic heterocycles. The molecule has 0 saturated carbocycles. The number of carbonyl (C=O) groups excluding carboxylic acids is 2. The number of aromatic nitrogens is 2. The molecule has 1 heterocycles. The lowest BCUT2D eigenvalue weighted by Gasteiger charge is -2.17. The largest absolute Gasteiger partial charge is 0.368 e. The highest BCUT2D eigenvalue weighted by molar-refractivity contribution is 5.98. The maximum Gasteiger partial charge on any atom is 0.254 e. The van der Waals surface area contributed by atoms with Crippen molar-refractivity contribution in [3.8, 4) is 0 Å². The molecule has 8 heteroatoms. The van der Waals surface area contributed by atoms with Crippen molar-refractivity contribution < 1.29 is 9.59 Å². The topological polar surface area (TPSA) is 136 Å². The minimum Gasteiger partial charge on any atom is -0.368 e. The first-order valence-electron chi connectivity index (χ1n) is 8.96. The van der Waals surface area contributed by atoms with Gasteiger partial charge in [0.1, 0.15) is 17.4 Å². The molecular weight excluding hydrogens is 368 g/mol. The van der Waals surface area contributed by atoms with E-state index in [-0.39, 0.29) is 17.3 Å².